The summed E-state index contributed by atoms with van der Waals surface area (Å²) in [7, 11) is 0. The van der Waals surface area contributed by atoms with Crippen LogP contribution in [0.25, 0.3) is 0 Å². The summed E-state index contributed by atoms with van der Waals surface area (Å²) in [5, 5.41) is 3.43. The summed E-state index contributed by atoms with van der Waals surface area (Å²) in [5.74, 6) is 1.01. The number of piperidine rings is 1. The van der Waals surface area contributed by atoms with Crippen LogP contribution in [-0.4, -0.2) is 29.9 Å². The largest absolute Gasteiger partial charge is 0.399 e. The first-order chi connectivity index (χ1) is 10.4. The standard InChI is InChI=1S/C17H26ClN3O/c1-11(2)16(21-8-6-12(3)7-9-21)17(22)20-15-5-4-13(19)10-14(15)18/h4-5,10-12,16H,6-9,19H2,1-3H3,(H,20,22). The van der Waals surface area contributed by atoms with Crippen LogP contribution in [0.3, 0.4) is 0 Å². The van der Waals surface area contributed by atoms with Crippen molar-refractivity contribution in [3.8, 4) is 0 Å². The fourth-order valence-corrected chi connectivity index (χ4v) is 3.27. The van der Waals surface area contributed by atoms with Gasteiger partial charge in [0.25, 0.3) is 0 Å². The summed E-state index contributed by atoms with van der Waals surface area (Å²) in [6, 6.07) is 5.03. The molecule has 1 heterocycles. The van der Waals surface area contributed by atoms with Crippen molar-refractivity contribution in [2.24, 2.45) is 11.8 Å². The van der Waals surface area contributed by atoms with Crippen molar-refractivity contribution in [3.05, 3.63) is 23.2 Å². The molecule has 0 aromatic heterocycles. The Bertz CT molecular complexity index is 525. The normalized spacial score (nSPS) is 18.4. The van der Waals surface area contributed by atoms with Crippen LogP contribution in [-0.2, 0) is 4.79 Å². The molecule has 3 N–H and O–H groups in total. The molecule has 1 unspecified atom stereocenters. The number of nitrogens with one attached hydrogen (secondary N) is 1. The molecule has 1 aromatic carbocycles. The molecule has 0 aliphatic carbocycles. The Labute approximate surface area is 138 Å². The molecule has 0 radical (unpaired) electrons. The minimum absolute atomic E-state index is 0.0104. The van der Waals surface area contributed by atoms with Crippen LogP contribution in [0.15, 0.2) is 18.2 Å². The average molecular weight is 324 g/mol. The fourth-order valence-electron chi connectivity index (χ4n) is 3.04. The molecule has 0 saturated carbocycles. The smallest absolute Gasteiger partial charge is 0.242 e. The van der Waals surface area contributed by atoms with Gasteiger partial charge in [0, 0.05) is 5.69 Å². The Hall–Kier alpha value is -1.26. The van der Waals surface area contributed by atoms with Gasteiger partial charge in [-0.2, -0.15) is 0 Å². The SMILES string of the molecule is CC1CCN(C(C(=O)Nc2ccc(N)cc2Cl)C(C)C)CC1. The van der Waals surface area contributed by atoms with Crippen LogP contribution in [0.1, 0.15) is 33.6 Å². The van der Waals surface area contributed by atoms with Crippen molar-refractivity contribution >= 4 is 28.9 Å². The number of nitrogens with two attached hydrogens (primary N) is 1. The third-order valence-electron chi connectivity index (χ3n) is 4.36. The third kappa shape index (κ3) is 4.14. The molecule has 1 aliphatic heterocycles. The quantitative estimate of drug-likeness (QED) is 0.832. The number of anilines is 2. The van der Waals surface area contributed by atoms with E-state index in [0.717, 1.165) is 31.8 Å². The summed E-state index contributed by atoms with van der Waals surface area (Å²) < 4.78 is 0. The minimum Gasteiger partial charge on any atom is -0.399 e. The van der Waals surface area contributed by atoms with Gasteiger partial charge in [0.05, 0.1) is 16.8 Å². The first-order valence-corrected chi connectivity index (χ1v) is 8.36. The van der Waals surface area contributed by atoms with Crippen LogP contribution in [0.2, 0.25) is 5.02 Å². The maximum Gasteiger partial charge on any atom is 0.242 e. The Morgan fingerprint density at radius 1 is 1.36 bits per heavy atom. The minimum atomic E-state index is -0.124. The molecular weight excluding hydrogens is 298 g/mol. The maximum absolute atomic E-state index is 12.7. The summed E-state index contributed by atoms with van der Waals surface area (Å²) in [4.78, 5) is 15.0. The number of likely N-dealkylation sites (tertiary alicyclic amines) is 1. The summed E-state index contributed by atoms with van der Waals surface area (Å²) in [5.41, 5.74) is 6.90. The zero-order valence-corrected chi connectivity index (χ0v) is 14.4. The van der Waals surface area contributed by atoms with E-state index in [1.165, 1.54) is 0 Å². The van der Waals surface area contributed by atoms with Gasteiger partial charge < -0.3 is 11.1 Å². The summed E-state index contributed by atoms with van der Waals surface area (Å²) in [6.45, 7) is 8.41. The third-order valence-corrected chi connectivity index (χ3v) is 4.68. The van der Waals surface area contributed by atoms with Crippen molar-refractivity contribution in [2.75, 3.05) is 24.1 Å². The molecule has 2 rings (SSSR count). The van der Waals surface area contributed by atoms with E-state index in [-0.39, 0.29) is 17.9 Å². The van der Waals surface area contributed by atoms with E-state index in [1.54, 1.807) is 18.2 Å². The van der Waals surface area contributed by atoms with Gasteiger partial charge in [0.1, 0.15) is 0 Å². The number of amides is 1. The van der Waals surface area contributed by atoms with Gasteiger partial charge in [-0.05, 0) is 56.0 Å². The lowest BCUT2D eigenvalue weighted by atomic mass is 9.94. The van der Waals surface area contributed by atoms with Gasteiger partial charge in [-0.1, -0.05) is 32.4 Å². The molecule has 4 nitrogen and oxygen atoms in total. The lowest BCUT2D eigenvalue weighted by Crippen LogP contribution is -2.50. The molecule has 5 heteroatoms. The molecular formula is C17H26ClN3O. The highest BCUT2D eigenvalue weighted by Crippen LogP contribution is 2.26. The average Bonchev–Trinajstić information content (AvgIpc) is 2.44. The summed E-state index contributed by atoms with van der Waals surface area (Å²) in [6.07, 6.45) is 2.30. The molecule has 1 aliphatic rings. The van der Waals surface area contributed by atoms with E-state index in [2.05, 4.69) is 31.0 Å². The van der Waals surface area contributed by atoms with Gasteiger partial charge in [0.2, 0.25) is 5.91 Å². The summed E-state index contributed by atoms with van der Waals surface area (Å²) >= 11 is 6.15. The second kappa shape index (κ2) is 7.34. The highest BCUT2D eigenvalue weighted by atomic mass is 35.5. The molecule has 0 spiro atoms. The van der Waals surface area contributed by atoms with Crippen molar-refractivity contribution in [3.63, 3.8) is 0 Å². The van der Waals surface area contributed by atoms with Crippen LogP contribution in [0.4, 0.5) is 11.4 Å². The number of carbonyl (C=O) groups is 1. The molecule has 0 bridgehead atoms. The molecule has 122 valence electrons. The highest BCUT2D eigenvalue weighted by molar-refractivity contribution is 6.34. The van der Waals surface area contributed by atoms with Gasteiger partial charge in [-0.25, -0.2) is 0 Å². The van der Waals surface area contributed by atoms with E-state index in [9.17, 15) is 4.79 Å². The van der Waals surface area contributed by atoms with E-state index in [4.69, 9.17) is 17.3 Å². The Morgan fingerprint density at radius 3 is 2.55 bits per heavy atom. The van der Waals surface area contributed by atoms with Crippen LogP contribution < -0.4 is 11.1 Å². The van der Waals surface area contributed by atoms with Crippen LogP contribution in [0, 0.1) is 11.8 Å². The van der Waals surface area contributed by atoms with E-state index >= 15 is 0 Å². The Balaban J connectivity index is 2.09. The Morgan fingerprint density at radius 2 is 2.00 bits per heavy atom. The Kier molecular flexibility index (Phi) is 5.70. The zero-order chi connectivity index (χ0) is 16.3. The predicted molar refractivity (Wildman–Crippen MR) is 93.1 cm³/mol. The number of nitrogen functional groups attached to an aromatic ring is 1. The first-order valence-electron chi connectivity index (χ1n) is 7.98. The van der Waals surface area contributed by atoms with Gasteiger partial charge >= 0.3 is 0 Å². The molecule has 22 heavy (non-hydrogen) atoms. The molecule has 1 saturated heterocycles. The van der Waals surface area contributed by atoms with Gasteiger partial charge in [-0.15, -0.1) is 0 Å². The van der Waals surface area contributed by atoms with Crippen molar-refractivity contribution < 1.29 is 4.79 Å². The number of hydrogen-bond donors (Lipinski definition) is 2. The van der Waals surface area contributed by atoms with Gasteiger partial charge in [0.15, 0.2) is 0 Å². The van der Waals surface area contributed by atoms with Crippen molar-refractivity contribution in [2.45, 2.75) is 39.7 Å². The second-order valence-electron chi connectivity index (χ2n) is 6.64. The maximum atomic E-state index is 12.7. The molecule has 1 aromatic rings. The van der Waals surface area contributed by atoms with Crippen molar-refractivity contribution in [1.82, 2.24) is 4.90 Å². The number of benzene rings is 1. The highest BCUT2D eigenvalue weighted by Gasteiger charge is 2.31. The number of nitrogens with zero attached hydrogens (tertiary/aromatic N) is 1. The topological polar surface area (TPSA) is 58.4 Å². The lowest BCUT2D eigenvalue weighted by Gasteiger charge is -2.37. The lowest BCUT2D eigenvalue weighted by molar-refractivity contribution is -0.123. The number of hydrogen-bond acceptors (Lipinski definition) is 3. The fraction of sp³-hybridized carbons (Fsp3) is 0.588. The van der Waals surface area contributed by atoms with Gasteiger partial charge in [-0.3, -0.25) is 9.69 Å². The molecule has 1 amide bonds. The predicted octanol–water partition coefficient (Wildman–Crippen LogP) is 3.62. The van der Waals surface area contributed by atoms with Crippen LogP contribution >= 0.6 is 11.6 Å². The van der Waals surface area contributed by atoms with Crippen molar-refractivity contribution in [1.29, 1.82) is 0 Å². The van der Waals surface area contributed by atoms with E-state index in [1.807, 2.05) is 0 Å². The monoisotopic (exact) mass is 323 g/mol. The molecule has 1 atom stereocenters. The number of rotatable bonds is 4. The van der Waals surface area contributed by atoms with E-state index in [0.29, 0.717) is 16.4 Å². The zero-order valence-electron chi connectivity index (χ0n) is 13.6. The molecule has 1 fully saturated rings. The second-order valence-corrected chi connectivity index (χ2v) is 7.04. The first kappa shape index (κ1) is 17.1. The van der Waals surface area contributed by atoms with E-state index < -0.39 is 0 Å². The number of halogens is 1. The number of carbonyl (C=O) groups excluding carboxylic acids is 1. The van der Waals surface area contributed by atoms with Crippen LogP contribution in [0.5, 0.6) is 0 Å².